The van der Waals surface area contributed by atoms with Gasteiger partial charge in [0.1, 0.15) is 21.2 Å². The standard InChI is InChI=1S/C23H26F3N5O5S/c1-13-9-15-17(29-20(13)36-21-16(10-14(24)11-27-21)35-12-23(3,25)26)31(4)18(28-15)19(32)30-22(2)5-7-37(33,34)8-6-22/h9-11H,5-8,12H2,1-4H3,(H,30,32). The van der Waals surface area contributed by atoms with E-state index in [0.29, 0.717) is 30.8 Å². The van der Waals surface area contributed by atoms with Gasteiger partial charge in [0, 0.05) is 31.1 Å². The summed E-state index contributed by atoms with van der Waals surface area (Å²) in [5.41, 5.74) is 0.465. The quantitative estimate of drug-likeness (QED) is 0.483. The Balaban J connectivity index is 1.60. The van der Waals surface area contributed by atoms with E-state index in [1.165, 1.54) is 4.57 Å². The second-order valence-electron chi connectivity index (χ2n) is 9.53. The summed E-state index contributed by atoms with van der Waals surface area (Å²) in [5, 5.41) is 2.89. The summed E-state index contributed by atoms with van der Waals surface area (Å²) in [4.78, 5) is 25.6. The third kappa shape index (κ3) is 6.12. The third-order valence-corrected chi connectivity index (χ3v) is 7.65. The highest BCUT2D eigenvalue weighted by atomic mass is 32.2. The van der Waals surface area contributed by atoms with E-state index in [-0.39, 0.29) is 40.5 Å². The van der Waals surface area contributed by atoms with Crippen LogP contribution in [0.25, 0.3) is 11.2 Å². The first kappa shape index (κ1) is 26.6. The Morgan fingerprint density at radius 3 is 2.54 bits per heavy atom. The predicted molar refractivity (Wildman–Crippen MR) is 127 cm³/mol. The van der Waals surface area contributed by atoms with Gasteiger partial charge in [-0.05, 0) is 32.8 Å². The van der Waals surface area contributed by atoms with Crippen LogP contribution in [0, 0.1) is 12.7 Å². The lowest BCUT2D eigenvalue weighted by atomic mass is 9.95. The molecule has 1 aliphatic heterocycles. The van der Waals surface area contributed by atoms with Gasteiger partial charge < -0.3 is 19.4 Å². The molecule has 3 aromatic rings. The van der Waals surface area contributed by atoms with Crippen LogP contribution in [0.5, 0.6) is 17.5 Å². The molecule has 0 bridgehead atoms. The highest BCUT2D eigenvalue weighted by Crippen LogP contribution is 2.33. The minimum absolute atomic E-state index is 0.00715. The zero-order chi connectivity index (χ0) is 27.2. The van der Waals surface area contributed by atoms with Crippen LogP contribution < -0.4 is 14.8 Å². The molecule has 0 atom stereocenters. The second kappa shape index (κ2) is 9.47. The molecule has 0 radical (unpaired) electrons. The summed E-state index contributed by atoms with van der Waals surface area (Å²) >= 11 is 0. The van der Waals surface area contributed by atoms with Gasteiger partial charge in [0.05, 0.1) is 17.7 Å². The van der Waals surface area contributed by atoms with Gasteiger partial charge in [-0.3, -0.25) is 4.79 Å². The van der Waals surface area contributed by atoms with Crippen molar-refractivity contribution in [3.05, 3.63) is 35.5 Å². The first-order chi connectivity index (χ1) is 17.1. The normalized spacial score (nSPS) is 16.9. The number of hydrogen-bond acceptors (Lipinski definition) is 8. The van der Waals surface area contributed by atoms with Crippen LogP contribution in [0.1, 0.15) is 42.9 Å². The number of carbonyl (C=O) groups excluding carboxylic acids is 1. The highest BCUT2D eigenvalue weighted by Gasteiger charge is 2.35. The molecule has 0 saturated carbocycles. The van der Waals surface area contributed by atoms with E-state index >= 15 is 0 Å². The number of rotatable bonds is 7. The molecule has 0 aliphatic carbocycles. The first-order valence-electron chi connectivity index (χ1n) is 11.4. The minimum Gasteiger partial charge on any atom is -0.482 e. The molecule has 1 fully saturated rings. The molecular weight excluding hydrogens is 515 g/mol. The Hall–Kier alpha value is -3.42. The van der Waals surface area contributed by atoms with Crippen LogP contribution in [0.2, 0.25) is 0 Å². The van der Waals surface area contributed by atoms with E-state index in [4.69, 9.17) is 9.47 Å². The topological polar surface area (TPSA) is 125 Å². The average molecular weight is 542 g/mol. The maximum Gasteiger partial charge on any atom is 0.287 e. The predicted octanol–water partition coefficient (Wildman–Crippen LogP) is 3.33. The number of nitrogens with one attached hydrogen (secondary N) is 1. The molecule has 0 aromatic carbocycles. The summed E-state index contributed by atoms with van der Waals surface area (Å²) in [6, 6.07) is 2.50. The molecule has 37 heavy (non-hydrogen) atoms. The molecular formula is C23H26F3N5O5S. The Bertz CT molecular complexity index is 1460. The fourth-order valence-electron chi connectivity index (χ4n) is 3.83. The lowest BCUT2D eigenvalue weighted by Crippen LogP contribution is -2.51. The molecule has 4 rings (SSSR count). The summed E-state index contributed by atoms with van der Waals surface area (Å²) < 4.78 is 75.9. The van der Waals surface area contributed by atoms with Gasteiger partial charge in [-0.1, -0.05) is 0 Å². The van der Waals surface area contributed by atoms with Gasteiger partial charge in [0.15, 0.2) is 18.0 Å². The van der Waals surface area contributed by atoms with E-state index < -0.39 is 39.6 Å². The molecule has 3 aromatic heterocycles. The highest BCUT2D eigenvalue weighted by molar-refractivity contribution is 7.91. The lowest BCUT2D eigenvalue weighted by molar-refractivity contribution is -0.0236. The molecule has 1 aliphatic rings. The van der Waals surface area contributed by atoms with E-state index in [1.54, 1.807) is 27.0 Å². The molecule has 0 unspecified atom stereocenters. The molecule has 0 spiro atoms. The van der Waals surface area contributed by atoms with Crippen LogP contribution in [-0.4, -0.2) is 63.4 Å². The lowest BCUT2D eigenvalue weighted by Gasteiger charge is -2.34. The van der Waals surface area contributed by atoms with Gasteiger partial charge in [-0.2, -0.15) is 4.98 Å². The van der Waals surface area contributed by atoms with Crippen molar-refractivity contribution in [1.82, 2.24) is 24.8 Å². The zero-order valence-electron chi connectivity index (χ0n) is 20.6. The number of nitrogens with zero attached hydrogens (tertiary/aromatic N) is 4. The summed E-state index contributed by atoms with van der Waals surface area (Å²) in [7, 11) is -1.52. The Morgan fingerprint density at radius 1 is 1.22 bits per heavy atom. The van der Waals surface area contributed by atoms with Gasteiger partial charge in [-0.15, -0.1) is 0 Å². The molecule has 4 heterocycles. The van der Waals surface area contributed by atoms with E-state index in [2.05, 4.69) is 20.3 Å². The van der Waals surface area contributed by atoms with Crippen molar-refractivity contribution >= 4 is 26.9 Å². The van der Waals surface area contributed by atoms with Crippen LogP contribution in [0.15, 0.2) is 18.3 Å². The first-order valence-corrected chi connectivity index (χ1v) is 13.2. The number of hydrogen-bond donors (Lipinski definition) is 1. The Morgan fingerprint density at radius 2 is 1.89 bits per heavy atom. The van der Waals surface area contributed by atoms with E-state index in [0.717, 1.165) is 12.3 Å². The third-order valence-electron chi connectivity index (χ3n) is 6.00. The van der Waals surface area contributed by atoms with E-state index in [1.807, 2.05) is 0 Å². The van der Waals surface area contributed by atoms with E-state index in [9.17, 15) is 26.4 Å². The number of amides is 1. The number of carbonyl (C=O) groups is 1. The zero-order valence-corrected chi connectivity index (χ0v) is 21.5. The summed E-state index contributed by atoms with van der Waals surface area (Å²) in [5.74, 6) is -4.96. The fourth-order valence-corrected chi connectivity index (χ4v) is 5.55. The molecule has 1 amide bonds. The molecule has 200 valence electrons. The monoisotopic (exact) mass is 541 g/mol. The second-order valence-corrected chi connectivity index (χ2v) is 11.8. The minimum atomic E-state index is -3.16. The van der Waals surface area contributed by atoms with Crippen molar-refractivity contribution in [3.8, 4) is 17.5 Å². The maximum absolute atomic E-state index is 13.7. The number of ether oxygens (including phenoxy) is 2. The van der Waals surface area contributed by atoms with Gasteiger partial charge in [-0.25, -0.2) is 31.6 Å². The number of sulfone groups is 1. The van der Waals surface area contributed by atoms with Gasteiger partial charge in [0.25, 0.3) is 17.7 Å². The van der Waals surface area contributed by atoms with Crippen LogP contribution in [0.3, 0.4) is 0 Å². The van der Waals surface area contributed by atoms with Crippen LogP contribution >= 0.6 is 0 Å². The van der Waals surface area contributed by atoms with Crippen LogP contribution in [-0.2, 0) is 16.9 Å². The maximum atomic E-state index is 13.7. The molecule has 14 heteroatoms. The van der Waals surface area contributed by atoms with Crippen molar-refractivity contribution < 1.29 is 35.9 Å². The molecule has 1 N–H and O–H groups in total. The molecule has 1 saturated heterocycles. The number of pyridine rings is 2. The van der Waals surface area contributed by atoms with Gasteiger partial charge in [0.2, 0.25) is 11.7 Å². The Labute approximate surface area is 211 Å². The van der Waals surface area contributed by atoms with Gasteiger partial charge >= 0.3 is 0 Å². The number of imidazole rings is 1. The number of halogens is 3. The smallest absolute Gasteiger partial charge is 0.287 e. The SMILES string of the molecule is Cc1cc2nc(C(=O)NC3(C)CCS(=O)(=O)CC3)n(C)c2nc1Oc1ncc(F)cc1OCC(C)(F)F. The number of aryl methyl sites for hydroxylation is 2. The Kier molecular flexibility index (Phi) is 6.82. The van der Waals surface area contributed by atoms with Crippen molar-refractivity contribution in [3.63, 3.8) is 0 Å². The van der Waals surface area contributed by atoms with Crippen molar-refractivity contribution in [1.29, 1.82) is 0 Å². The van der Waals surface area contributed by atoms with Crippen LogP contribution in [0.4, 0.5) is 13.2 Å². The van der Waals surface area contributed by atoms with Crippen molar-refractivity contribution in [2.24, 2.45) is 7.05 Å². The largest absolute Gasteiger partial charge is 0.482 e. The van der Waals surface area contributed by atoms with Crippen molar-refractivity contribution in [2.75, 3.05) is 18.1 Å². The number of aromatic nitrogens is 4. The van der Waals surface area contributed by atoms with Crippen molar-refractivity contribution in [2.45, 2.75) is 45.1 Å². The summed E-state index contributed by atoms with van der Waals surface area (Å²) in [6.07, 6.45) is 1.43. The number of alkyl halides is 2. The summed E-state index contributed by atoms with van der Waals surface area (Å²) in [6.45, 7) is 3.10. The fraction of sp³-hybridized carbons (Fsp3) is 0.478. The molecule has 10 nitrogen and oxygen atoms in total. The number of fused-ring (bicyclic) bond motifs is 1. The average Bonchev–Trinajstić information content (AvgIpc) is 3.11.